The van der Waals surface area contributed by atoms with Gasteiger partial charge in [0, 0.05) is 13.2 Å². The van der Waals surface area contributed by atoms with Crippen molar-refractivity contribution in [1.82, 2.24) is 0 Å². The standard InChI is InChI=1S/C20H26O2/c1-12-11-20(3)13(10-17(12)21)4-5-14-15-6-7-18(22)19(15,2)9-8-16(14)20/h10,14-16H,1,4-9,11H2,2-3H3/t14-,15-,16-,19-,20-/m0/s1/i11D/t11-,14-,15-,16-,19-,20-. The molecule has 0 unspecified atom stereocenters. The fraction of sp³-hybridized carbons (Fsp3) is 0.700. The van der Waals surface area contributed by atoms with Gasteiger partial charge in [0.1, 0.15) is 5.78 Å². The number of Topliss-reactive ketones (excluding diaryl/α,β-unsaturated/α-hetero) is 1. The SMILES string of the molecule is [2H][C@H]1C(=C)C(=O)C=C2CC[C@@H]3[C@H](CC[C@]4(C)C(=O)CC[C@@H]34)[C@]21C. The number of ketones is 2. The smallest absolute Gasteiger partial charge is 0.181 e. The van der Waals surface area contributed by atoms with Gasteiger partial charge in [-0.1, -0.05) is 26.0 Å². The zero-order valence-corrected chi connectivity index (χ0v) is 13.7. The summed E-state index contributed by atoms with van der Waals surface area (Å²) in [5.74, 6) is 1.82. The second-order valence-corrected chi connectivity index (χ2v) is 8.32. The van der Waals surface area contributed by atoms with E-state index in [1.807, 2.05) is 0 Å². The second kappa shape index (κ2) is 4.43. The molecule has 0 radical (unpaired) electrons. The highest BCUT2D eigenvalue weighted by Gasteiger charge is 2.59. The highest BCUT2D eigenvalue weighted by molar-refractivity contribution is 6.05. The van der Waals surface area contributed by atoms with E-state index in [1.165, 1.54) is 5.57 Å². The molecule has 118 valence electrons. The molecule has 0 bridgehead atoms. The number of hydrogen-bond acceptors (Lipinski definition) is 2. The maximum atomic E-state index is 12.4. The van der Waals surface area contributed by atoms with Crippen LogP contribution in [0.4, 0.5) is 0 Å². The van der Waals surface area contributed by atoms with E-state index in [4.69, 9.17) is 1.37 Å². The minimum atomic E-state index is -0.524. The fourth-order valence-corrected chi connectivity index (χ4v) is 6.15. The number of carbonyl (C=O) groups excluding carboxylic acids is 2. The molecule has 0 N–H and O–H groups in total. The van der Waals surface area contributed by atoms with Crippen molar-refractivity contribution in [3.8, 4) is 0 Å². The summed E-state index contributed by atoms with van der Waals surface area (Å²) in [7, 11) is 0. The molecule has 0 spiro atoms. The molecule has 0 amide bonds. The number of allylic oxidation sites excluding steroid dienone is 2. The molecule has 0 aromatic carbocycles. The Labute approximate surface area is 134 Å². The van der Waals surface area contributed by atoms with Crippen LogP contribution in [0.25, 0.3) is 0 Å². The maximum absolute atomic E-state index is 12.4. The average Bonchev–Trinajstić information content (AvgIpc) is 2.83. The average molecular weight is 299 g/mol. The Hall–Kier alpha value is -1.18. The summed E-state index contributed by atoms with van der Waals surface area (Å²) in [6.45, 7) is 8.27. The molecule has 4 aliphatic rings. The van der Waals surface area contributed by atoms with E-state index in [-0.39, 0.29) is 16.6 Å². The first kappa shape index (κ1) is 13.3. The largest absolute Gasteiger partial charge is 0.299 e. The maximum Gasteiger partial charge on any atom is 0.181 e. The van der Waals surface area contributed by atoms with Gasteiger partial charge >= 0.3 is 0 Å². The van der Waals surface area contributed by atoms with Crippen molar-refractivity contribution >= 4 is 11.6 Å². The predicted octanol–water partition coefficient (Wildman–Crippen LogP) is 4.25. The van der Waals surface area contributed by atoms with Gasteiger partial charge in [0.05, 0.1) is 0 Å². The topological polar surface area (TPSA) is 34.1 Å². The van der Waals surface area contributed by atoms with E-state index < -0.39 is 6.40 Å². The zero-order valence-electron chi connectivity index (χ0n) is 14.7. The third-order valence-electron chi connectivity index (χ3n) is 7.45. The molecule has 2 heteroatoms. The third-order valence-corrected chi connectivity index (χ3v) is 7.45. The molecule has 0 aromatic heterocycles. The highest BCUT2D eigenvalue weighted by atomic mass is 16.1. The summed E-state index contributed by atoms with van der Waals surface area (Å²) in [4.78, 5) is 24.5. The Morgan fingerprint density at radius 1 is 1.14 bits per heavy atom. The summed E-state index contributed by atoms with van der Waals surface area (Å²) < 4.78 is 8.70. The van der Waals surface area contributed by atoms with Gasteiger partial charge in [-0.3, -0.25) is 9.59 Å². The first-order valence-electron chi connectivity index (χ1n) is 9.27. The van der Waals surface area contributed by atoms with Crippen molar-refractivity contribution in [3.05, 3.63) is 23.8 Å². The van der Waals surface area contributed by atoms with Crippen LogP contribution in [0.15, 0.2) is 23.8 Å². The molecule has 0 aliphatic heterocycles. The van der Waals surface area contributed by atoms with Crippen molar-refractivity contribution in [3.63, 3.8) is 0 Å². The third kappa shape index (κ3) is 1.67. The van der Waals surface area contributed by atoms with Crippen molar-refractivity contribution in [1.29, 1.82) is 0 Å². The Bertz CT molecular complexity index is 648. The molecule has 0 heterocycles. The molecule has 0 saturated heterocycles. The quantitative estimate of drug-likeness (QED) is 0.626. The molecule has 3 saturated carbocycles. The lowest BCUT2D eigenvalue weighted by Crippen LogP contribution is -2.50. The Morgan fingerprint density at radius 3 is 2.64 bits per heavy atom. The molecule has 6 atom stereocenters. The van der Waals surface area contributed by atoms with Crippen LogP contribution in [0.2, 0.25) is 0 Å². The minimum absolute atomic E-state index is 0.0485. The van der Waals surface area contributed by atoms with Crippen LogP contribution >= 0.6 is 0 Å². The zero-order chi connectivity index (χ0) is 16.6. The summed E-state index contributed by atoms with van der Waals surface area (Å²) in [5, 5.41) is 0. The summed E-state index contributed by atoms with van der Waals surface area (Å²) in [6.07, 6.45) is 6.95. The molecular formula is C20H26O2. The number of carbonyl (C=O) groups is 2. The molecule has 22 heavy (non-hydrogen) atoms. The lowest BCUT2D eigenvalue weighted by molar-refractivity contribution is -0.132. The van der Waals surface area contributed by atoms with Crippen molar-refractivity contribution in [2.75, 3.05) is 0 Å². The van der Waals surface area contributed by atoms with E-state index in [9.17, 15) is 9.59 Å². The van der Waals surface area contributed by atoms with E-state index >= 15 is 0 Å². The minimum Gasteiger partial charge on any atom is -0.299 e. The van der Waals surface area contributed by atoms with Gasteiger partial charge in [0.2, 0.25) is 0 Å². The number of fused-ring (bicyclic) bond motifs is 5. The van der Waals surface area contributed by atoms with Crippen LogP contribution < -0.4 is 0 Å². The van der Waals surface area contributed by atoms with Gasteiger partial charge in [-0.25, -0.2) is 0 Å². The second-order valence-electron chi connectivity index (χ2n) is 8.32. The van der Waals surface area contributed by atoms with Gasteiger partial charge in [0.15, 0.2) is 5.78 Å². The summed E-state index contributed by atoms with van der Waals surface area (Å²) in [6, 6.07) is 0. The first-order chi connectivity index (χ1) is 10.8. The molecule has 4 rings (SSSR count). The van der Waals surface area contributed by atoms with Crippen LogP contribution in [0, 0.1) is 28.6 Å². The normalized spacial score (nSPS) is 51.6. The number of hydrogen-bond donors (Lipinski definition) is 0. The van der Waals surface area contributed by atoms with Gasteiger partial charge in [-0.15, -0.1) is 0 Å². The van der Waals surface area contributed by atoms with Crippen LogP contribution in [-0.4, -0.2) is 11.6 Å². The Morgan fingerprint density at radius 2 is 1.86 bits per heavy atom. The molecule has 4 aliphatic carbocycles. The van der Waals surface area contributed by atoms with Crippen LogP contribution in [-0.2, 0) is 9.59 Å². The Kier molecular flexibility index (Phi) is 2.67. The van der Waals surface area contributed by atoms with Gasteiger partial charge in [-0.2, -0.15) is 0 Å². The monoisotopic (exact) mass is 299 g/mol. The molecular weight excluding hydrogens is 272 g/mol. The van der Waals surface area contributed by atoms with E-state index in [0.29, 0.717) is 29.1 Å². The van der Waals surface area contributed by atoms with Gasteiger partial charge in [0.25, 0.3) is 0 Å². The van der Waals surface area contributed by atoms with Crippen molar-refractivity contribution in [2.24, 2.45) is 28.6 Å². The van der Waals surface area contributed by atoms with E-state index in [2.05, 4.69) is 20.4 Å². The molecule has 0 aromatic rings. The van der Waals surface area contributed by atoms with Crippen LogP contribution in [0.3, 0.4) is 0 Å². The first-order valence-corrected chi connectivity index (χ1v) is 8.70. The van der Waals surface area contributed by atoms with Crippen LogP contribution in [0.1, 0.15) is 60.1 Å². The molecule has 2 nitrogen and oxygen atoms in total. The summed E-state index contributed by atoms with van der Waals surface area (Å²) in [5.41, 5.74) is 1.23. The van der Waals surface area contributed by atoms with Gasteiger partial charge < -0.3 is 0 Å². The van der Waals surface area contributed by atoms with E-state index in [1.54, 1.807) is 6.08 Å². The van der Waals surface area contributed by atoms with Gasteiger partial charge in [-0.05, 0) is 73.3 Å². The van der Waals surface area contributed by atoms with Crippen LogP contribution in [0.5, 0.6) is 0 Å². The predicted molar refractivity (Wildman–Crippen MR) is 86.2 cm³/mol. The lowest BCUT2D eigenvalue weighted by atomic mass is 9.47. The highest BCUT2D eigenvalue weighted by Crippen LogP contribution is 2.64. The van der Waals surface area contributed by atoms with E-state index in [0.717, 1.165) is 38.5 Å². The fourth-order valence-electron chi connectivity index (χ4n) is 6.15. The Balaban J connectivity index is 1.76. The molecule has 3 fully saturated rings. The lowest BCUT2D eigenvalue weighted by Gasteiger charge is -2.57. The van der Waals surface area contributed by atoms with Crippen molar-refractivity contribution < 1.29 is 11.0 Å². The van der Waals surface area contributed by atoms with Crippen molar-refractivity contribution in [2.45, 2.75) is 58.8 Å². The number of rotatable bonds is 0. The summed E-state index contributed by atoms with van der Waals surface area (Å²) >= 11 is 0.